The van der Waals surface area contributed by atoms with E-state index in [1.54, 1.807) is 32.7 Å². The molecule has 0 aromatic carbocycles. The zero-order valence-electron chi connectivity index (χ0n) is 20.1. The summed E-state index contributed by atoms with van der Waals surface area (Å²) >= 11 is 1.56. The molecule has 0 unspecified atom stereocenters. The van der Waals surface area contributed by atoms with E-state index in [-0.39, 0.29) is 30.8 Å². The van der Waals surface area contributed by atoms with Crippen molar-refractivity contribution in [3.63, 3.8) is 0 Å². The lowest BCUT2D eigenvalue weighted by molar-refractivity contribution is -0.147. The van der Waals surface area contributed by atoms with Crippen LogP contribution in [0.15, 0.2) is 0 Å². The Kier molecular flexibility index (Phi) is 14.1. The van der Waals surface area contributed by atoms with Crippen LogP contribution in [-0.2, 0) is 14.4 Å². The molecule has 31 heavy (non-hydrogen) atoms. The van der Waals surface area contributed by atoms with Gasteiger partial charge in [0.05, 0.1) is 5.60 Å². The zero-order chi connectivity index (χ0) is 24.2. The molecule has 0 fully saturated rings. The Bertz CT molecular complexity index is 568. The fourth-order valence-electron chi connectivity index (χ4n) is 3.38. The topological polar surface area (TPSA) is 124 Å². The molecule has 0 aromatic rings. The van der Waals surface area contributed by atoms with Crippen LogP contribution in [0.2, 0.25) is 0 Å². The zero-order valence-corrected chi connectivity index (χ0v) is 20.9. The Labute approximate surface area is 191 Å². The van der Waals surface area contributed by atoms with Gasteiger partial charge in [-0.2, -0.15) is 11.8 Å². The maximum absolute atomic E-state index is 13.3. The van der Waals surface area contributed by atoms with Crippen LogP contribution >= 0.6 is 11.8 Å². The number of primary amides is 1. The highest BCUT2D eigenvalue weighted by atomic mass is 32.2. The van der Waals surface area contributed by atoms with Crippen molar-refractivity contribution in [2.24, 2.45) is 11.7 Å². The highest BCUT2D eigenvalue weighted by molar-refractivity contribution is 7.99. The van der Waals surface area contributed by atoms with Gasteiger partial charge in [0, 0.05) is 39.3 Å². The summed E-state index contributed by atoms with van der Waals surface area (Å²) in [5.41, 5.74) is 4.33. The van der Waals surface area contributed by atoms with Crippen LogP contribution in [0.1, 0.15) is 66.2 Å². The van der Waals surface area contributed by atoms with Gasteiger partial charge in [-0.1, -0.05) is 20.3 Å². The van der Waals surface area contributed by atoms with E-state index >= 15 is 0 Å². The second-order valence-corrected chi connectivity index (χ2v) is 10.0. The second-order valence-electron chi connectivity index (χ2n) is 8.86. The molecular weight excluding hydrogens is 418 g/mol. The quantitative estimate of drug-likeness (QED) is 0.300. The van der Waals surface area contributed by atoms with E-state index in [1.165, 1.54) is 16.8 Å². The molecule has 0 spiro atoms. The van der Waals surface area contributed by atoms with Crippen molar-refractivity contribution in [1.29, 1.82) is 0 Å². The van der Waals surface area contributed by atoms with E-state index < -0.39 is 23.6 Å². The molecule has 0 radical (unpaired) electrons. The van der Waals surface area contributed by atoms with Gasteiger partial charge in [-0.25, -0.2) is 0 Å². The number of hydrogen-bond acceptors (Lipinski definition) is 6. The normalized spacial score (nSPS) is 14.6. The number of carbonyl (C=O) groups excluding carboxylic acids is 3. The highest BCUT2D eigenvalue weighted by Crippen LogP contribution is 2.20. The molecule has 3 amide bonds. The summed E-state index contributed by atoms with van der Waals surface area (Å²) in [4.78, 5) is 40.5. The van der Waals surface area contributed by atoms with E-state index in [4.69, 9.17) is 5.73 Å². The number of amides is 3. The fraction of sp³-hybridized carbons (Fsp3) is 0.864. The van der Waals surface area contributed by atoms with Crippen LogP contribution in [0.5, 0.6) is 0 Å². The van der Waals surface area contributed by atoms with Gasteiger partial charge in [0.2, 0.25) is 17.7 Å². The Morgan fingerprint density at radius 1 is 1.03 bits per heavy atom. The molecule has 0 heterocycles. The first-order valence-electron chi connectivity index (χ1n) is 11.1. The van der Waals surface area contributed by atoms with Gasteiger partial charge in [0.25, 0.3) is 0 Å². The van der Waals surface area contributed by atoms with Gasteiger partial charge in [0.15, 0.2) is 0 Å². The lowest BCUT2D eigenvalue weighted by Gasteiger charge is -2.35. The van der Waals surface area contributed by atoms with Gasteiger partial charge >= 0.3 is 0 Å². The van der Waals surface area contributed by atoms with E-state index in [9.17, 15) is 24.6 Å². The van der Waals surface area contributed by atoms with Crippen molar-refractivity contribution >= 4 is 29.5 Å². The van der Waals surface area contributed by atoms with E-state index in [0.29, 0.717) is 18.6 Å². The smallest absolute Gasteiger partial charge is 0.246 e. The average molecular weight is 462 g/mol. The summed E-state index contributed by atoms with van der Waals surface area (Å²) in [6.07, 6.45) is 3.80. The minimum atomic E-state index is -1.18. The Morgan fingerprint density at radius 2 is 1.65 bits per heavy atom. The lowest BCUT2D eigenvalue weighted by Crippen LogP contribution is -2.56. The lowest BCUT2D eigenvalue weighted by atomic mass is 9.97. The van der Waals surface area contributed by atoms with Gasteiger partial charge in [-0.15, -0.1) is 0 Å². The largest absolute Gasteiger partial charge is 0.396 e. The molecule has 0 aliphatic rings. The molecule has 0 aromatic heterocycles. The highest BCUT2D eigenvalue weighted by Gasteiger charge is 2.36. The number of rotatable bonds is 16. The van der Waals surface area contributed by atoms with Crippen LogP contribution in [0.4, 0.5) is 0 Å². The van der Waals surface area contributed by atoms with E-state index in [2.05, 4.69) is 6.92 Å². The maximum atomic E-state index is 13.3. The molecule has 8 nitrogen and oxygen atoms in total. The van der Waals surface area contributed by atoms with Gasteiger partial charge < -0.3 is 25.7 Å². The molecule has 0 rings (SSSR count). The first kappa shape index (κ1) is 29.7. The minimum Gasteiger partial charge on any atom is -0.396 e. The van der Waals surface area contributed by atoms with Gasteiger partial charge in [-0.3, -0.25) is 14.4 Å². The van der Waals surface area contributed by atoms with Gasteiger partial charge in [-0.05, 0) is 44.8 Å². The summed E-state index contributed by atoms with van der Waals surface area (Å²) < 4.78 is 0. The van der Waals surface area contributed by atoms with Crippen LogP contribution in [0, 0.1) is 5.92 Å². The molecule has 182 valence electrons. The molecule has 9 heteroatoms. The van der Waals surface area contributed by atoms with Crippen molar-refractivity contribution in [2.45, 2.75) is 83.9 Å². The fourth-order valence-corrected chi connectivity index (χ4v) is 4.64. The summed E-state index contributed by atoms with van der Waals surface area (Å²) in [7, 11) is 3.10. The van der Waals surface area contributed by atoms with Crippen LogP contribution in [0.3, 0.4) is 0 Å². The van der Waals surface area contributed by atoms with Crippen molar-refractivity contribution in [2.75, 3.05) is 32.2 Å². The third kappa shape index (κ3) is 11.2. The minimum absolute atomic E-state index is 0.00621. The summed E-state index contributed by atoms with van der Waals surface area (Å²) in [5.74, 6) is 0.175. The third-order valence-corrected chi connectivity index (χ3v) is 6.42. The first-order chi connectivity index (χ1) is 14.4. The van der Waals surface area contributed by atoms with E-state index in [0.717, 1.165) is 25.0 Å². The Hall–Kier alpha value is -1.32. The molecule has 0 saturated carbocycles. The van der Waals surface area contributed by atoms with Crippen LogP contribution in [-0.4, -0.2) is 87.6 Å². The predicted molar refractivity (Wildman–Crippen MR) is 126 cm³/mol. The number of carbonyl (C=O) groups is 3. The number of hydrogen-bond donors (Lipinski definition) is 3. The standard InChI is InChI=1S/C22H43N3O5S/c1-7-9-16(14-26)11-12-31-15-18(24(5)19(27)10-8-2)21(29)25(6)17(20(23)28)13-22(3,4)30/h16-18,26,30H,7-15H2,1-6H3,(H2,23,28)/t16-,17+,18-/m1/s1. The van der Waals surface area contributed by atoms with Crippen LogP contribution < -0.4 is 5.73 Å². The molecule has 0 bridgehead atoms. The summed E-state index contributed by atoms with van der Waals surface area (Å²) in [5, 5.41) is 19.6. The molecule has 3 atom stereocenters. The van der Waals surface area contributed by atoms with Crippen LogP contribution in [0.25, 0.3) is 0 Å². The summed E-state index contributed by atoms with van der Waals surface area (Å²) in [6, 6.07) is -1.71. The van der Waals surface area contributed by atoms with Crippen molar-refractivity contribution in [1.82, 2.24) is 9.80 Å². The Morgan fingerprint density at radius 3 is 2.10 bits per heavy atom. The molecular formula is C22H43N3O5S. The monoisotopic (exact) mass is 461 g/mol. The molecule has 0 aliphatic heterocycles. The number of thioether (sulfide) groups is 1. The predicted octanol–water partition coefficient (Wildman–Crippen LogP) is 1.62. The number of nitrogens with two attached hydrogens (primary N) is 1. The maximum Gasteiger partial charge on any atom is 0.246 e. The van der Waals surface area contributed by atoms with Gasteiger partial charge in [0.1, 0.15) is 12.1 Å². The average Bonchev–Trinajstić information content (AvgIpc) is 2.69. The number of aliphatic hydroxyl groups excluding tert-OH is 1. The van der Waals surface area contributed by atoms with Crippen molar-refractivity contribution in [3.05, 3.63) is 0 Å². The van der Waals surface area contributed by atoms with E-state index in [1.807, 2.05) is 6.92 Å². The number of nitrogens with zero attached hydrogens (tertiary/aromatic N) is 2. The summed E-state index contributed by atoms with van der Waals surface area (Å²) in [6.45, 7) is 7.24. The SMILES string of the molecule is CCCC(=O)N(C)[C@H](CSCC[C@H](CO)CCC)C(=O)N(C)[C@@H](CC(C)(C)O)C(N)=O. The molecule has 0 aliphatic carbocycles. The molecule has 0 saturated heterocycles. The second kappa shape index (κ2) is 14.7. The first-order valence-corrected chi connectivity index (χ1v) is 12.3. The Balaban J connectivity index is 5.39. The third-order valence-electron chi connectivity index (χ3n) is 5.35. The van der Waals surface area contributed by atoms with Crippen molar-refractivity contribution < 1.29 is 24.6 Å². The number of aliphatic hydroxyl groups is 2. The number of likely N-dealkylation sites (N-methyl/N-ethyl adjacent to an activating group) is 2. The van der Waals surface area contributed by atoms with Crippen molar-refractivity contribution in [3.8, 4) is 0 Å². The molecule has 4 N–H and O–H groups in total.